The molecule has 1 fully saturated rings. The van der Waals surface area contributed by atoms with Gasteiger partial charge in [0.15, 0.2) is 0 Å². The SMILES string of the molecule is C#C[C@@H]1CC[C@H](C#N)N1. The maximum atomic E-state index is 8.40. The molecule has 0 aromatic heterocycles. The van der Waals surface area contributed by atoms with Crippen molar-refractivity contribution < 1.29 is 0 Å². The van der Waals surface area contributed by atoms with E-state index in [0.717, 1.165) is 12.8 Å². The van der Waals surface area contributed by atoms with Gasteiger partial charge in [-0.3, -0.25) is 5.32 Å². The van der Waals surface area contributed by atoms with Crippen LogP contribution in [0.5, 0.6) is 0 Å². The lowest BCUT2D eigenvalue weighted by Crippen LogP contribution is -2.26. The highest BCUT2D eigenvalue weighted by atomic mass is 15.0. The molecule has 2 atom stereocenters. The molecule has 1 saturated heterocycles. The van der Waals surface area contributed by atoms with Crippen molar-refractivity contribution >= 4 is 0 Å². The van der Waals surface area contributed by atoms with Crippen molar-refractivity contribution in [1.29, 1.82) is 5.26 Å². The predicted molar refractivity (Wildman–Crippen MR) is 34.4 cm³/mol. The number of nitriles is 1. The Morgan fingerprint density at radius 3 is 2.44 bits per heavy atom. The van der Waals surface area contributed by atoms with Crippen LogP contribution >= 0.6 is 0 Å². The standard InChI is InChI=1S/C7H8N2/c1-2-6-3-4-7(5-8)9-6/h1,6-7,9H,3-4H2/t6-,7-/m1/s1. The largest absolute Gasteiger partial charge is 0.288 e. The molecule has 0 unspecified atom stereocenters. The monoisotopic (exact) mass is 120 g/mol. The lowest BCUT2D eigenvalue weighted by atomic mass is 10.2. The van der Waals surface area contributed by atoms with E-state index in [0.29, 0.717) is 0 Å². The molecule has 0 aromatic carbocycles. The van der Waals surface area contributed by atoms with Crippen molar-refractivity contribution in [1.82, 2.24) is 5.32 Å². The molecule has 1 N–H and O–H groups in total. The first-order valence-corrected chi connectivity index (χ1v) is 2.98. The van der Waals surface area contributed by atoms with Gasteiger partial charge in [-0.05, 0) is 12.8 Å². The fourth-order valence-corrected chi connectivity index (χ4v) is 0.976. The van der Waals surface area contributed by atoms with E-state index >= 15 is 0 Å². The number of nitrogens with one attached hydrogen (secondary N) is 1. The van der Waals surface area contributed by atoms with Gasteiger partial charge in [0, 0.05) is 0 Å². The molecule has 2 heteroatoms. The van der Waals surface area contributed by atoms with Crippen molar-refractivity contribution in [3.05, 3.63) is 0 Å². The zero-order valence-electron chi connectivity index (χ0n) is 5.09. The van der Waals surface area contributed by atoms with Gasteiger partial charge in [-0.2, -0.15) is 5.26 Å². The molecule has 2 nitrogen and oxygen atoms in total. The van der Waals surface area contributed by atoms with Crippen LogP contribution in [-0.4, -0.2) is 12.1 Å². The van der Waals surface area contributed by atoms with E-state index in [-0.39, 0.29) is 12.1 Å². The van der Waals surface area contributed by atoms with E-state index in [1.165, 1.54) is 0 Å². The molecular weight excluding hydrogens is 112 g/mol. The van der Waals surface area contributed by atoms with Gasteiger partial charge >= 0.3 is 0 Å². The number of rotatable bonds is 0. The highest BCUT2D eigenvalue weighted by Gasteiger charge is 2.20. The third-order valence-electron chi connectivity index (χ3n) is 1.50. The van der Waals surface area contributed by atoms with Crippen molar-refractivity contribution in [2.45, 2.75) is 24.9 Å². The van der Waals surface area contributed by atoms with E-state index in [1.54, 1.807) is 0 Å². The Morgan fingerprint density at radius 2 is 2.11 bits per heavy atom. The summed E-state index contributed by atoms with van der Waals surface area (Å²) in [5, 5.41) is 11.4. The number of terminal acetylenes is 1. The first kappa shape index (κ1) is 6.13. The van der Waals surface area contributed by atoms with Crippen molar-refractivity contribution in [2.75, 3.05) is 0 Å². The van der Waals surface area contributed by atoms with Crippen LogP contribution in [0.4, 0.5) is 0 Å². The van der Waals surface area contributed by atoms with Crippen LogP contribution in [0.15, 0.2) is 0 Å². The molecule has 0 amide bonds. The molecule has 0 spiro atoms. The molecule has 46 valence electrons. The van der Waals surface area contributed by atoms with Crippen LogP contribution in [0.2, 0.25) is 0 Å². The minimum absolute atomic E-state index is 0.00829. The summed E-state index contributed by atoms with van der Waals surface area (Å²) in [6, 6.07) is 2.25. The van der Waals surface area contributed by atoms with E-state index in [1.807, 2.05) is 0 Å². The Morgan fingerprint density at radius 1 is 1.44 bits per heavy atom. The second-order valence-electron chi connectivity index (χ2n) is 2.14. The van der Waals surface area contributed by atoms with Gasteiger partial charge in [0.2, 0.25) is 0 Å². The summed E-state index contributed by atoms with van der Waals surface area (Å²) in [7, 11) is 0. The Kier molecular flexibility index (Phi) is 1.72. The lowest BCUT2D eigenvalue weighted by Gasteiger charge is -1.99. The van der Waals surface area contributed by atoms with Crippen molar-refractivity contribution in [2.24, 2.45) is 0 Å². The summed E-state index contributed by atoms with van der Waals surface area (Å²) < 4.78 is 0. The zero-order valence-corrected chi connectivity index (χ0v) is 5.09. The summed E-state index contributed by atoms with van der Waals surface area (Å²) in [5.41, 5.74) is 0. The Labute approximate surface area is 54.9 Å². The third kappa shape index (κ3) is 1.22. The van der Waals surface area contributed by atoms with Crippen LogP contribution in [0.3, 0.4) is 0 Å². The minimum Gasteiger partial charge on any atom is -0.288 e. The molecule has 1 aliphatic rings. The van der Waals surface area contributed by atoms with Gasteiger partial charge in [-0.1, -0.05) is 5.92 Å². The average molecular weight is 120 g/mol. The van der Waals surface area contributed by atoms with E-state index in [9.17, 15) is 0 Å². The number of hydrogen-bond donors (Lipinski definition) is 1. The summed E-state index contributed by atoms with van der Waals surface area (Å²) in [4.78, 5) is 0. The average Bonchev–Trinajstić information content (AvgIpc) is 2.34. The molecule has 9 heavy (non-hydrogen) atoms. The second kappa shape index (κ2) is 2.53. The van der Waals surface area contributed by atoms with E-state index in [2.05, 4.69) is 17.3 Å². The molecule has 0 aliphatic carbocycles. The maximum Gasteiger partial charge on any atom is 0.0963 e. The van der Waals surface area contributed by atoms with Gasteiger partial charge in [0.25, 0.3) is 0 Å². The van der Waals surface area contributed by atoms with Crippen molar-refractivity contribution in [3.63, 3.8) is 0 Å². The summed E-state index contributed by atoms with van der Waals surface area (Å²) in [6.45, 7) is 0. The van der Waals surface area contributed by atoms with Crippen LogP contribution in [-0.2, 0) is 0 Å². The smallest absolute Gasteiger partial charge is 0.0963 e. The molecule has 0 saturated carbocycles. The lowest BCUT2D eigenvalue weighted by molar-refractivity contribution is 0.691. The van der Waals surface area contributed by atoms with Gasteiger partial charge in [-0.25, -0.2) is 0 Å². The van der Waals surface area contributed by atoms with Crippen LogP contribution in [0, 0.1) is 23.7 Å². The first-order valence-electron chi connectivity index (χ1n) is 2.98. The second-order valence-corrected chi connectivity index (χ2v) is 2.14. The summed E-state index contributed by atoms with van der Waals surface area (Å²) in [6.07, 6.45) is 6.96. The van der Waals surface area contributed by atoms with Crippen molar-refractivity contribution in [3.8, 4) is 18.4 Å². The molecule has 1 aliphatic heterocycles. The molecule has 0 aromatic rings. The molecule has 0 radical (unpaired) electrons. The topological polar surface area (TPSA) is 35.8 Å². The predicted octanol–water partition coefficient (Wildman–Crippen LogP) is 0.264. The first-order chi connectivity index (χ1) is 4.36. The fraction of sp³-hybridized carbons (Fsp3) is 0.571. The van der Waals surface area contributed by atoms with E-state index in [4.69, 9.17) is 11.7 Å². The highest BCUT2D eigenvalue weighted by Crippen LogP contribution is 2.09. The quantitative estimate of drug-likeness (QED) is 0.465. The number of nitrogens with zero attached hydrogens (tertiary/aromatic N) is 1. The summed E-state index contributed by atoms with van der Waals surface area (Å²) >= 11 is 0. The third-order valence-corrected chi connectivity index (χ3v) is 1.50. The molecule has 1 heterocycles. The fourth-order valence-electron chi connectivity index (χ4n) is 0.976. The normalized spacial score (nSPS) is 33.1. The van der Waals surface area contributed by atoms with Gasteiger partial charge in [-0.15, -0.1) is 6.42 Å². The van der Waals surface area contributed by atoms with E-state index < -0.39 is 0 Å². The van der Waals surface area contributed by atoms with Gasteiger partial charge in [0.05, 0.1) is 18.2 Å². The summed E-state index contributed by atoms with van der Waals surface area (Å²) in [5.74, 6) is 2.57. The van der Waals surface area contributed by atoms with Gasteiger partial charge in [0.1, 0.15) is 0 Å². The molecule has 1 rings (SSSR count). The Balaban J connectivity index is 2.42. The van der Waals surface area contributed by atoms with Crippen LogP contribution in [0.25, 0.3) is 0 Å². The Bertz CT molecular complexity index is 152. The zero-order chi connectivity index (χ0) is 6.69. The maximum absolute atomic E-state index is 8.40. The van der Waals surface area contributed by atoms with Gasteiger partial charge < -0.3 is 0 Å². The minimum atomic E-state index is -0.00829. The molecule has 0 bridgehead atoms. The molecular formula is C7H8N2. The van der Waals surface area contributed by atoms with Crippen LogP contribution < -0.4 is 5.32 Å². The highest BCUT2D eigenvalue weighted by molar-refractivity contribution is 5.08. The number of hydrogen-bond acceptors (Lipinski definition) is 2. The Hall–Kier alpha value is -0.990. The van der Waals surface area contributed by atoms with Crippen LogP contribution in [0.1, 0.15) is 12.8 Å².